The molecule has 0 aliphatic heterocycles. The van der Waals surface area contributed by atoms with Gasteiger partial charge in [-0.25, -0.2) is 4.31 Å². The molecular weight excluding hydrogens is 332 g/mol. The molecule has 2 aromatic rings. The highest BCUT2D eigenvalue weighted by molar-refractivity contribution is 7.80. The molecule has 128 valence electrons. The predicted molar refractivity (Wildman–Crippen MR) is 100.0 cm³/mol. The quantitative estimate of drug-likeness (QED) is 0.452. The average Bonchev–Trinajstić information content (AvgIpc) is 2.64. The maximum Gasteiger partial charge on any atom is 0.196 e. The van der Waals surface area contributed by atoms with Crippen molar-refractivity contribution in [1.29, 1.82) is 5.26 Å². The maximum absolute atomic E-state index is 11.3. The Kier molecular flexibility index (Phi) is 5.64. The Hall–Kier alpha value is -2.42. The standard InChI is InChI=1S/C20H20N2O2S/c21-15-22(25(23)24)20-9-5-4-8-19(20)18-12-10-17(11-13-18)14-16-6-2-1-3-7-16/h4-5,8-14H,1-3,6-7H2,(H,23,24)/p-1. The van der Waals surface area contributed by atoms with Gasteiger partial charge < -0.3 is 4.55 Å². The van der Waals surface area contributed by atoms with Gasteiger partial charge in [-0.3, -0.25) is 4.21 Å². The summed E-state index contributed by atoms with van der Waals surface area (Å²) >= 11 is -2.64. The van der Waals surface area contributed by atoms with Gasteiger partial charge in [0.05, 0.1) is 17.0 Å². The fourth-order valence-electron chi connectivity index (χ4n) is 3.21. The van der Waals surface area contributed by atoms with Gasteiger partial charge >= 0.3 is 0 Å². The van der Waals surface area contributed by atoms with E-state index in [2.05, 4.69) is 6.08 Å². The number of rotatable bonds is 4. The van der Waals surface area contributed by atoms with Crippen molar-refractivity contribution < 1.29 is 8.76 Å². The van der Waals surface area contributed by atoms with Gasteiger partial charge in [-0.1, -0.05) is 60.5 Å². The first-order valence-corrected chi connectivity index (χ1v) is 9.40. The molecule has 1 saturated carbocycles. The lowest BCUT2D eigenvalue weighted by atomic mass is 9.93. The molecule has 1 atom stereocenters. The number of hydrogen-bond donors (Lipinski definition) is 0. The molecule has 1 aliphatic carbocycles. The van der Waals surface area contributed by atoms with Crippen molar-refractivity contribution >= 4 is 23.0 Å². The third kappa shape index (κ3) is 4.16. The van der Waals surface area contributed by atoms with Gasteiger partial charge in [0.1, 0.15) is 0 Å². The second-order valence-corrected chi connectivity index (χ2v) is 6.91. The van der Waals surface area contributed by atoms with E-state index >= 15 is 0 Å². The van der Waals surface area contributed by atoms with Crippen molar-refractivity contribution in [3.8, 4) is 17.3 Å². The van der Waals surface area contributed by atoms with Crippen LogP contribution in [0.25, 0.3) is 17.2 Å². The van der Waals surface area contributed by atoms with Crippen LogP contribution in [0, 0.1) is 11.5 Å². The van der Waals surface area contributed by atoms with E-state index in [-0.39, 0.29) is 0 Å². The molecule has 5 heteroatoms. The number of nitriles is 1. The molecule has 0 spiro atoms. The molecule has 0 radical (unpaired) electrons. The summed E-state index contributed by atoms with van der Waals surface area (Å²) in [5.41, 5.74) is 4.61. The summed E-state index contributed by atoms with van der Waals surface area (Å²) in [6.45, 7) is 0. The molecule has 0 aromatic heterocycles. The highest BCUT2D eigenvalue weighted by Gasteiger charge is 2.12. The zero-order valence-corrected chi connectivity index (χ0v) is 14.7. The zero-order valence-electron chi connectivity index (χ0n) is 13.9. The monoisotopic (exact) mass is 351 g/mol. The summed E-state index contributed by atoms with van der Waals surface area (Å²) in [5, 5.41) is 9.12. The van der Waals surface area contributed by atoms with Gasteiger partial charge in [0, 0.05) is 5.56 Å². The van der Waals surface area contributed by atoms with Crippen LogP contribution in [0.15, 0.2) is 54.1 Å². The van der Waals surface area contributed by atoms with E-state index in [9.17, 15) is 8.76 Å². The topological polar surface area (TPSA) is 67.2 Å². The summed E-state index contributed by atoms with van der Waals surface area (Å²) in [5.74, 6) is 0. The molecule has 0 bridgehead atoms. The Bertz CT molecular complexity index is 830. The lowest BCUT2D eigenvalue weighted by molar-refractivity contribution is 0.537. The zero-order chi connectivity index (χ0) is 17.6. The Labute approximate surface area is 150 Å². The largest absolute Gasteiger partial charge is 0.754 e. The maximum atomic E-state index is 11.3. The average molecular weight is 351 g/mol. The van der Waals surface area contributed by atoms with Crippen LogP contribution in [0.4, 0.5) is 5.69 Å². The molecule has 0 saturated heterocycles. The van der Waals surface area contributed by atoms with E-state index in [1.807, 2.05) is 36.4 Å². The molecule has 25 heavy (non-hydrogen) atoms. The normalized spacial score (nSPS) is 15.3. The van der Waals surface area contributed by atoms with Gasteiger partial charge in [-0.2, -0.15) is 5.26 Å². The van der Waals surface area contributed by atoms with Gasteiger partial charge in [0.15, 0.2) is 6.19 Å². The summed E-state index contributed by atoms with van der Waals surface area (Å²) in [7, 11) is 0. The van der Waals surface area contributed by atoms with Gasteiger partial charge in [0.25, 0.3) is 0 Å². The third-order valence-corrected chi connectivity index (χ3v) is 5.03. The number of hydrogen-bond acceptors (Lipinski definition) is 3. The lowest BCUT2D eigenvalue weighted by Gasteiger charge is -2.20. The van der Waals surface area contributed by atoms with Crippen LogP contribution in [0.1, 0.15) is 37.7 Å². The number of para-hydroxylation sites is 1. The van der Waals surface area contributed by atoms with E-state index in [1.54, 1.807) is 18.3 Å². The first kappa shape index (κ1) is 17.4. The minimum absolute atomic E-state index is 0.358. The van der Waals surface area contributed by atoms with E-state index in [1.165, 1.54) is 37.7 Å². The van der Waals surface area contributed by atoms with Crippen LogP contribution in [0.3, 0.4) is 0 Å². The molecule has 1 fully saturated rings. The van der Waals surface area contributed by atoms with Gasteiger partial charge in [-0.15, -0.1) is 0 Å². The molecule has 1 unspecified atom stereocenters. The van der Waals surface area contributed by atoms with Crippen LogP contribution < -0.4 is 4.31 Å². The predicted octanol–water partition coefficient (Wildman–Crippen LogP) is 4.78. The first-order chi connectivity index (χ1) is 12.2. The molecule has 0 heterocycles. The van der Waals surface area contributed by atoms with E-state index in [0.717, 1.165) is 11.1 Å². The molecular formula is C20H19N2O2S-. The Morgan fingerprint density at radius 3 is 2.36 bits per heavy atom. The summed E-state index contributed by atoms with van der Waals surface area (Å²) in [6, 6.07) is 15.0. The van der Waals surface area contributed by atoms with Crippen molar-refractivity contribution in [1.82, 2.24) is 0 Å². The highest BCUT2D eigenvalue weighted by atomic mass is 32.2. The van der Waals surface area contributed by atoms with Crippen molar-refractivity contribution in [2.45, 2.75) is 32.1 Å². The van der Waals surface area contributed by atoms with Gasteiger partial charge in [-0.05, 0) is 42.9 Å². The molecule has 0 N–H and O–H groups in total. The lowest BCUT2D eigenvalue weighted by Crippen LogP contribution is -2.19. The minimum Gasteiger partial charge on any atom is -0.754 e. The van der Waals surface area contributed by atoms with E-state index in [0.29, 0.717) is 15.6 Å². The first-order valence-electron chi connectivity index (χ1n) is 8.37. The molecule has 0 amide bonds. The van der Waals surface area contributed by atoms with Crippen molar-refractivity contribution in [3.63, 3.8) is 0 Å². The highest BCUT2D eigenvalue weighted by Crippen LogP contribution is 2.32. The van der Waals surface area contributed by atoms with E-state index < -0.39 is 11.3 Å². The number of benzene rings is 2. The second-order valence-electron chi connectivity index (χ2n) is 6.11. The van der Waals surface area contributed by atoms with Crippen LogP contribution in [-0.4, -0.2) is 8.76 Å². The smallest absolute Gasteiger partial charge is 0.196 e. The Morgan fingerprint density at radius 1 is 1.04 bits per heavy atom. The number of nitrogens with zero attached hydrogens (tertiary/aromatic N) is 2. The van der Waals surface area contributed by atoms with Crippen LogP contribution >= 0.6 is 0 Å². The number of allylic oxidation sites excluding steroid dienone is 1. The molecule has 4 nitrogen and oxygen atoms in total. The third-order valence-electron chi connectivity index (χ3n) is 4.45. The Morgan fingerprint density at radius 2 is 1.72 bits per heavy atom. The second kappa shape index (κ2) is 8.11. The van der Waals surface area contributed by atoms with Crippen LogP contribution in [-0.2, 0) is 11.3 Å². The van der Waals surface area contributed by atoms with Crippen molar-refractivity contribution in [2.24, 2.45) is 0 Å². The summed E-state index contributed by atoms with van der Waals surface area (Å²) < 4.78 is 23.3. The molecule has 2 aromatic carbocycles. The van der Waals surface area contributed by atoms with E-state index in [4.69, 9.17) is 5.26 Å². The molecule has 3 rings (SSSR count). The van der Waals surface area contributed by atoms with Crippen LogP contribution in [0.2, 0.25) is 0 Å². The SMILES string of the molecule is N#CN(c1ccccc1-c1ccc(C=C2CCCCC2)cc1)S(=O)[O-]. The van der Waals surface area contributed by atoms with Gasteiger partial charge in [0.2, 0.25) is 0 Å². The van der Waals surface area contributed by atoms with Crippen molar-refractivity contribution in [3.05, 3.63) is 59.7 Å². The van der Waals surface area contributed by atoms with Crippen LogP contribution in [0.5, 0.6) is 0 Å². The number of anilines is 1. The fourth-order valence-corrected chi connectivity index (χ4v) is 3.59. The molecule has 1 aliphatic rings. The minimum atomic E-state index is -2.64. The summed E-state index contributed by atoms with van der Waals surface area (Å²) in [6.07, 6.45) is 10.2. The van der Waals surface area contributed by atoms with Crippen molar-refractivity contribution in [2.75, 3.05) is 4.31 Å². The Balaban J connectivity index is 1.91. The summed E-state index contributed by atoms with van der Waals surface area (Å²) in [4.78, 5) is 0. The fraction of sp³-hybridized carbons (Fsp3) is 0.250.